The smallest absolute Gasteiger partial charge is 0.253 e. The molecule has 8 nitrogen and oxygen atoms in total. The summed E-state index contributed by atoms with van der Waals surface area (Å²) < 4.78 is 2.34. The van der Waals surface area contributed by atoms with Crippen molar-refractivity contribution in [3.05, 3.63) is 47.0 Å². The van der Waals surface area contributed by atoms with E-state index >= 15 is 0 Å². The molecule has 5 rings (SSSR count). The number of aryl methyl sites for hydroxylation is 2. The quantitative estimate of drug-likeness (QED) is 0.391. The van der Waals surface area contributed by atoms with E-state index in [4.69, 9.17) is 9.97 Å². The van der Waals surface area contributed by atoms with Crippen molar-refractivity contribution >= 4 is 22.9 Å². The van der Waals surface area contributed by atoms with E-state index in [2.05, 4.69) is 34.9 Å². The molecular weight excluding hydrogens is 488 g/mol. The molecule has 1 saturated carbocycles. The van der Waals surface area contributed by atoms with Crippen molar-refractivity contribution in [3.63, 3.8) is 0 Å². The van der Waals surface area contributed by atoms with Gasteiger partial charge in [0.05, 0.1) is 6.10 Å². The fraction of sp³-hybridized carbons (Fsp3) is 0.613. The Morgan fingerprint density at radius 3 is 2.44 bits per heavy atom. The number of amides is 1. The van der Waals surface area contributed by atoms with Gasteiger partial charge in [-0.1, -0.05) is 13.3 Å². The fourth-order valence-corrected chi connectivity index (χ4v) is 6.49. The van der Waals surface area contributed by atoms with Crippen LogP contribution < -0.4 is 5.32 Å². The lowest BCUT2D eigenvalue weighted by atomic mass is 9.87. The average molecular weight is 533 g/mol. The maximum atomic E-state index is 13.2. The Bertz CT molecular complexity index is 1270. The summed E-state index contributed by atoms with van der Waals surface area (Å²) in [6.07, 6.45) is 12.1. The first-order valence-corrected chi connectivity index (χ1v) is 14.9. The highest BCUT2D eigenvalue weighted by Crippen LogP contribution is 2.36. The number of hydrogen-bond donors (Lipinski definition) is 2. The number of pyridine rings is 1. The summed E-state index contributed by atoms with van der Waals surface area (Å²) in [6, 6.07) is 4.11. The summed E-state index contributed by atoms with van der Waals surface area (Å²) >= 11 is 0. The van der Waals surface area contributed by atoms with Crippen molar-refractivity contribution in [2.75, 3.05) is 18.4 Å². The summed E-state index contributed by atoms with van der Waals surface area (Å²) in [4.78, 5) is 29.4. The summed E-state index contributed by atoms with van der Waals surface area (Å²) in [5.74, 6) is 1.71. The first-order valence-electron chi connectivity index (χ1n) is 14.9. The molecule has 0 bridgehead atoms. The number of fused-ring (bicyclic) bond motifs is 1. The van der Waals surface area contributed by atoms with E-state index in [0.29, 0.717) is 23.8 Å². The van der Waals surface area contributed by atoms with Crippen molar-refractivity contribution < 1.29 is 9.90 Å². The Morgan fingerprint density at radius 2 is 1.77 bits per heavy atom. The van der Waals surface area contributed by atoms with Gasteiger partial charge in [-0.05, 0) is 95.2 Å². The number of anilines is 1. The minimum Gasteiger partial charge on any atom is -0.393 e. The molecule has 0 unspecified atom stereocenters. The number of aliphatic hydroxyl groups excluding tert-OH is 1. The van der Waals surface area contributed by atoms with Gasteiger partial charge in [-0.25, -0.2) is 4.98 Å². The third-order valence-electron chi connectivity index (χ3n) is 8.57. The number of aromatic nitrogens is 4. The average Bonchev–Trinajstić information content (AvgIpc) is 3.26. The van der Waals surface area contributed by atoms with E-state index in [1.807, 2.05) is 37.1 Å². The third-order valence-corrected chi connectivity index (χ3v) is 8.57. The number of carbonyl (C=O) groups is 1. The summed E-state index contributed by atoms with van der Waals surface area (Å²) in [6.45, 7) is 10.7. The Labute approximate surface area is 232 Å². The van der Waals surface area contributed by atoms with Gasteiger partial charge in [0.2, 0.25) is 5.95 Å². The Balaban J connectivity index is 1.36. The van der Waals surface area contributed by atoms with Crippen molar-refractivity contribution in [2.24, 2.45) is 5.92 Å². The molecule has 1 saturated heterocycles. The molecule has 0 radical (unpaired) electrons. The summed E-state index contributed by atoms with van der Waals surface area (Å²) in [5, 5.41) is 14.6. The monoisotopic (exact) mass is 532 g/mol. The van der Waals surface area contributed by atoms with Gasteiger partial charge < -0.3 is 19.9 Å². The molecular formula is C31H44N6O2. The second-order valence-electron chi connectivity index (χ2n) is 11.9. The number of nitrogens with zero attached hydrogens (tertiary/aromatic N) is 5. The van der Waals surface area contributed by atoms with Crippen LogP contribution >= 0.6 is 0 Å². The highest BCUT2D eigenvalue weighted by molar-refractivity contribution is 5.94. The lowest BCUT2D eigenvalue weighted by Crippen LogP contribution is -2.38. The molecule has 39 heavy (non-hydrogen) atoms. The first-order chi connectivity index (χ1) is 18.8. The Hall–Kier alpha value is -3.00. The van der Waals surface area contributed by atoms with Gasteiger partial charge >= 0.3 is 0 Å². The van der Waals surface area contributed by atoms with Crippen molar-refractivity contribution in [1.82, 2.24) is 24.4 Å². The van der Waals surface area contributed by atoms with E-state index < -0.39 is 0 Å². The molecule has 2 N–H and O–H groups in total. The van der Waals surface area contributed by atoms with Crippen LogP contribution in [0.1, 0.15) is 98.4 Å². The SMILES string of the molecule is CCC[C@H](C)Nc1ncc2c(C3CCN(C(=O)c4cc(C)nc(C)c4)CC3)cn(CC3CCC(O)CC3)c2n1. The summed E-state index contributed by atoms with van der Waals surface area (Å²) in [7, 11) is 0. The fourth-order valence-electron chi connectivity index (χ4n) is 6.49. The second kappa shape index (κ2) is 12.0. The lowest BCUT2D eigenvalue weighted by Gasteiger charge is -2.32. The van der Waals surface area contributed by atoms with E-state index in [9.17, 15) is 9.90 Å². The zero-order chi connectivity index (χ0) is 27.5. The van der Waals surface area contributed by atoms with E-state index in [0.717, 1.165) is 99.0 Å². The van der Waals surface area contributed by atoms with Crippen LogP contribution in [0.4, 0.5) is 5.95 Å². The van der Waals surface area contributed by atoms with Crippen LogP contribution in [0.2, 0.25) is 0 Å². The molecule has 2 aliphatic rings. The molecule has 1 amide bonds. The molecule has 2 fully saturated rings. The molecule has 8 heteroatoms. The number of aliphatic hydroxyl groups is 1. The predicted octanol–water partition coefficient (Wildman–Crippen LogP) is 5.61. The summed E-state index contributed by atoms with van der Waals surface area (Å²) in [5.41, 5.74) is 4.80. The molecule has 1 aliphatic carbocycles. The van der Waals surface area contributed by atoms with Gasteiger partial charge in [-0.3, -0.25) is 9.78 Å². The van der Waals surface area contributed by atoms with Crippen LogP contribution in [0, 0.1) is 19.8 Å². The highest BCUT2D eigenvalue weighted by atomic mass is 16.3. The molecule has 210 valence electrons. The van der Waals surface area contributed by atoms with Gasteiger partial charge in [-0.2, -0.15) is 4.98 Å². The van der Waals surface area contributed by atoms with Gasteiger partial charge in [0.15, 0.2) is 0 Å². The van der Waals surface area contributed by atoms with Crippen molar-refractivity contribution in [1.29, 1.82) is 0 Å². The minimum absolute atomic E-state index is 0.101. The second-order valence-corrected chi connectivity index (χ2v) is 11.9. The number of piperidine rings is 1. The van der Waals surface area contributed by atoms with Crippen LogP contribution in [-0.4, -0.2) is 60.7 Å². The molecule has 1 aliphatic heterocycles. The number of likely N-dealkylation sites (tertiary alicyclic amines) is 1. The maximum Gasteiger partial charge on any atom is 0.253 e. The largest absolute Gasteiger partial charge is 0.393 e. The number of hydrogen-bond acceptors (Lipinski definition) is 6. The molecule has 3 aromatic rings. The molecule has 0 spiro atoms. The van der Waals surface area contributed by atoms with Crippen LogP contribution in [0.5, 0.6) is 0 Å². The zero-order valence-corrected chi connectivity index (χ0v) is 24.0. The van der Waals surface area contributed by atoms with Crippen LogP contribution in [-0.2, 0) is 6.54 Å². The molecule has 3 aromatic heterocycles. The molecule has 4 heterocycles. The van der Waals surface area contributed by atoms with Crippen molar-refractivity contribution in [3.8, 4) is 0 Å². The Morgan fingerprint density at radius 1 is 1.08 bits per heavy atom. The number of rotatable bonds is 8. The lowest BCUT2D eigenvalue weighted by molar-refractivity contribution is 0.0713. The van der Waals surface area contributed by atoms with E-state index in [-0.39, 0.29) is 12.0 Å². The van der Waals surface area contributed by atoms with Crippen LogP contribution in [0.3, 0.4) is 0 Å². The third kappa shape index (κ3) is 6.43. The zero-order valence-electron chi connectivity index (χ0n) is 24.0. The van der Waals surface area contributed by atoms with Gasteiger partial charge in [0.1, 0.15) is 5.65 Å². The van der Waals surface area contributed by atoms with Gasteiger partial charge in [-0.15, -0.1) is 0 Å². The molecule has 0 aromatic carbocycles. The van der Waals surface area contributed by atoms with Gasteiger partial charge in [0, 0.05) is 60.4 Å². The normalized spacial score (nSPS) is 21.3. The predicted molar refractivity (Wildman–Crippen MR) is 155 cm³/mol. The topological polar surface area (TPSA) is 96.2 Å². The Kier molecular flexibility index (Phi) is 8.50. The highest BCUT2D eigenvalue weighted by Gasteiger charge is 2.28. The number of nitrogens with one attached hydrogen (secondary N) is 1. The first kappa shape index (κ1) is 27.6. The standard InChI is InChI=1S/C31H44N6O2/c1-5-6-20(2)34-31-32-17-27-28(19-37(29(27)35-31)18-23-7-9-26(38)10-8-23)24-11-13-36(14-12-24)30(39)25-15-21(3)33-22(4)16-25/h15-17,19-20,23-24,26,38H,5-14,18H2,1-4H3,(H,32,34,35)/t20-,23?,26?/m0/s1. The van der Waals surface area contributed by atoms with Crippen LogP contribution in [0.15, 0.2) is 24.5 Å². The van der Waals surface area contributed by atoms with E-state index in [1.54, 1.807) is 0 Å². The minimum atomic E-state index is -0.149. The number of carbonyl (C=O) groups excluding carboxylic acids is 1. The van der Waals surface area contributed by atoms with Crippen molar-refractivity contribution in [2.45, 2.75) is 104 Å². The molecule has 1 atom stereocenters. The maximum absolute atomic E-state index is 13.2. The van der Waals surface area contributed by atoms with Crippen LogP contribution in [0.25, 0.3) is 11.0 Å². The van der Waals surface area contributed by atoms with Gasteiger partial charge in [0.25, 0.3) is 5.91 Å². The van der Waals surface area contributed by atoms with E-state index in [1.165, 1.54) is 5.56 Å².